The fourth-order valence-electron chi connectivity index (χ4n) is 2.85. The van der Waals surface area contributed by atoms with Gasteiger partial charge in [0.15, 0.2) is 0 Å². The third kappa shape index (κ3) is 4.07. The van der Waals surface area contributed by atoms with Crippen LogP contribution in [0.15, 0.2) is 24.3 Å². The second-order valence-electron chi connectivity index (χ2n) is 6.83. The molecule has 2 rings (SSSR count). The van der Waals surface area contributed by atoms with E-state index in [4.69, 9.17) is 0 Å². The van der Waals surface area contributed by atoms with Gasteiger partial charge in [0.05, 0.1) is 0 Å². The Balaban J connectivity index is 1.72. The number of benzene rings is 1. The first kappa shape index (κ1) is 14.6. The monoisotopic (exact) mass is 259 g/mol. The van der Waals surface area contributed by atoms with Gasteiger partial charge in [0.25, 0.3) is 0 Å². The summed E-state index contributed by atoms with van der Waals surface area (Å²) in [7, 11) is 0. The molecule has 1 fully saturated rings. The highest BCUT2D eigenvalue weighted by Gasteiger charge is 2.44. The Morgan fingerprint density at radius 2 is 1.95 bits per heavy atom. The van der Waals surface area contributed by atoms with E-state index in [0.29, 0.717) is 11.5 Å². The first-order valence-corrected chi connectivity index (χ1v) is 7.81. The average molecular weight is 259 g/mol. The molecule has 19 heavy (non-hydrogen) atoms. The Labute approximate surface area is 118 Å². The SMILES string of the molecule is Cc1cccc(CCC(C)NCC2(C(C)C)CC2)c1. The molecule has 1 unspecified atom stereocenters. The van der Waals surface area contributed by atoms with Crippen molar-refractivity contribution in [2.45, 2.75) is 59.4 Å². The summed E-state index contributed by atoms with van der Waals surface area (Å²) in [6.07, 6.45) is 5.26. The summed E-state index contributed by atoms with van der Waals surface area (Å²) in [5, 5.41) is 3.75. The normalized spacial score (nSPS) is 18.6. The molecule has 0 bridgehead atoms. The average Bonchev–Trinajstić information content (AvgIpc) is 3.15. The topological polar surface area (TPSA) is 12.0 Å². The number of hydrogen-bond donors (Lipinski definition) is 1. The lowest BCUT2D eigenvalue weighted by Gasteiger charge is -2.23. The molecule has 1 saturated carbocycles. The number of aryl methyl sites for hydroxylation is 2. The number of hydrogen-bond acceptors (Lipinski definition) is 1. The minimum Gasteiger partial charge on any atom is -0.314 e. The van der Waals surface area contributed by atoms with Crippen molar-refractivity contribution in [3.8, 4) is 0 Å². The van der Waals surface area contributed by atoms with Crippen LogP contribution in [0.3, 0.4) is 0 Å². The van der Waals surface area contributed by atoms with Crippen LogP contribution in [-0.4, -0.2) is 12.6 Å². The second-order valence-corrected chi connectivity index (χ2v) is 6.83. The summed E-state index contributed by atoms with van der Waals surface area (Å²) in [5.74, 6) is 0.823. The van der Waals surface area contributed by atoms with Crippen LogP contribution in [0.2, 0.25) is 0 Å². The molecule has 0 radical (unpaired) electrons. The first-order chi connectivity index (χ1) is 9.02. The van der Waals surface area contributed by atoms with Gasteiger partial charge in [0, 0.05) is 12.6 Å². The van der Waals surface area contributed by atoms with Gasteiger partial charge in [-0.15, -0.1) is 0 Å². The van der Waals surface area contributed by atoms with E-state index in [9.17, 15) is 0 Å². The molecule has 1 nitrogen and oxygen atoms in total. The van der Waals surface area contributed by atoms with Gasteiger partial charge < -0.3 is 5.32 Å². The van der Waals surface area contributed by atoms with E-state index in [1.807, 2.05) is 0 Å². The molecule has 0 spiro atoms. The summed E-state index contributed by atoms with van der Waals surface area (Å²) in [5.41, 5.74) is 3.46. The Bertz CT molecular complexity index is 404. The maximum Gasteiger partial charge on any atom is 0.00421 e. The smallest absolute Gasteiger partial charge is 0.00421 e. The van der Waals surface area contributed by atoms with Gasteiger partial charge >= 0.3 is 0 Å². The lowest BCUT2D eigenvalue weighted by atomic mass is 9.92. The fourth-order valence-corrected chi connectivity index (χ4v) is 2.85. The van der Waals surface area contributed by atoms with Crippen LogP contribution in [0.25, 0.3) is 0 Å². The molecule has 0 amide bonds. The Kier molecular flexibility index (Phi) is 4.67. The van der Waals surface area contributed by atoms with E-state index in [-0.39, 0.29) is 0 Å². The highest BCUT2D eigenvalue weighted by Crippen LogP contribution is 2.51. The van der Waals surface area contributed by atoms with E-state index in [1.165, 1.54) is 43.4 Å². The van der Waals surface area contributed by atoms with Gasteiger partial charge in [0.2, 0.25) is 0 Å². The van der Waals surface area contributed by atoms with Crippen LogP contribution < -0.4 is 5.32 Å². The van der Waals surface area contributed by atoms with Gasteiger partial charge in [-0.2, -0.15) is 0 Å². The highest BCUT2D eigenvalue weighted by atomic mass is 14.9. The minimum absolute atomic E-state index is 0.622. The van der Waals surface area contributed by atoms with Crippen molar-refractivity contribution in [1.29, 1.82) is 0 Å². The van der Waals surface area contributed by atoms with Crippen LogP contribution >= 0.6 is 0 Å². The molecule has 0 aliphatic heterocycles. The third-order valence-electron chi connectivity index (χ3n) is 4.87. The molecular formula is C18H29N. The molecular weight excluding hydrogens is 230 g/mol. The van der Waals surface area contributed by atoms with Gasteiger partial charge in [-0.3, -0.25) is 0 Å². The summed E-state index contributed by atoms with van der Waals surface area (Å²) < 4.78 is 0. The molecule has 0 saturated heterocycles. The van der Waals surface area contributed by atoms with E-state index < -0.39 is 0 Å². The molecule has 1 heteroatoms. The van der Waals surface area contributed by atoms with Crippen molar-refractivity contribution in [2.24, 2.45) is 11.3 Å². The molecule has 1 N–H and O–H groups in total. The van der Waals surface area contributed by atoms with Gasteiger partial charge in [-0.25, -0.2) is 0 Å². The van der Waals surface area contributed by atoms with E-state index in [2.05, 4.69) is 57.3 Å². The second kappa shape index (κ2) is 6.09. The summed E-state index contributed by atoms with van der Waals surface area (Å²) >= 11 is 0. The van der Waals surface area contributed by atoms with E-state index in [0.717, 1.165) is 5.92 Å². The maximum atomic E-state index is 3.75. The lowest BCUT2D eigenvalue weighted by Crippen LogP contribution is -2.34. The molecule has 0 aromatic heterocycles. The standard InChI is InChI=1S/C18H29N/c1-14(2)18(10-11-18)13-19-16(4)8-9-17-7-5-6-15(3)12-17/h5-7,12,14,16,19H,8-11,13H2,1-4H3. The van der Waals surface area contributed by atoms with Crippen LogP contribution in [0.5, 0.6) is 0 Å². The molecule has 0 heterocycles. The van der Waals surface area contributed by atoms with Crippen molar-refractivity contribution in [2.75, 3.05) is 6.54 Å². The maximum absolute atomic E-state index is 3.75. The highest BCUT2D eigenvalue weighted by molar-refractivity contribution is 5.22. The Hall–Kier alpha value is -0.820. The third-order valence-corrected chi connectivity index (χ3v) is 4.87. The van der Waals surface area contributed by atoms with Crippen LogP contribution in [0, 0.1) is 18.3 Å². The largest absolute Gasteiger partial charge is 0.314 e. The molecule has 1 aromatic carbocycles. The molecule has 1 atom stereocenters. The molecule has 1 aliphatic rings. The lowest BCUT2D eigenvalue weighted by molar-refractivity contribution is 0.320. The minimum atomic E-state index is 0.622. The summed E-state index contributed by atoms with van der Waals surface area (Å²) in [4.78, 5) is 0. The summed E-state index contributed by atoms with van der Waals surface area (Å²) in [6.45, 7) is 10.4. The van der Waals surface area contributed by atoms with Gasteiger partial charge in [-0.05, 0) is 56.4 Å². The Morgan fingerprint density at radius 1 is 1.21 bits per heavy atom. The van der Waals surface area contributed by atoms with Crippen LogP contribution in [-0.2, 0) is 6.42 Å². The van der Waals surface area contributed by atoms with Crippen molar-refractivity contribution in [3.05, 3.63) is 35.4 Å². The van der Waals surface area contributed by atoms with E-state index in [1.54, 1.807) is 0 Å². The van der Waals surface area contributed by atoms with Crippen molar-refractivity contribution < 1.29 is 0 Å². The first-order valence-electron chi connectivity index (χ1n) is 7.81. The van der Waals surface area contributed by atoms with E-state index >= 15 is 0 Å². The van der Waals surface area contributed by atoms with Crippen molar-refractivity contribution in [3.63, 3.8) is 0 Å². The molecule has 1 aliphatic carbocycles. The number of nitrogens with one attached hydrogen (secondary N) is 1. The zero-order chi connectivity index (χ0) is 13.9. The van der Waals surface area contributed by atoms with Crippen molar-refractivity contribution in [1.82, 2.24) is 5.32 Å². The fraction of sp³-hybridized carbons (Fsp3) is 0.667. The predicted octanol–water partition coefficient (Wildman–Crippen LogP) is 4.34. The summed E-state index contributed by atoms with van der Waals surface area (Å²) in [6, 6.07) is 9.52. The number of rotatable bonds is 7. The van der Waals surface area contributed by atoms with Crippen LogP contribution in [0.1, 0.15) is 51.2 Å². The molecule has 1 aromatic rings. The quantitative estimate of drug-likeness (QED) is 0.768. The Morgan fingerprint density at radius 3 is 2.53 bits per heavy atom. The predicted molar refractivity (Wildman–Crippen MR) is 83.5 cm³/mol. The zero-order valence-electron chi connectivity index (χ0n) is 13.0. The van der Waals surface area contributed by atoms with Gasteiger partial charge in [-0.1, -0.05) is 43.7 Å². The zero-order valence-corrected chi connectivity index (χ0v) is 13.0. The van der Waals surface area contributed by atoms with Crippen molar-refractivity contribution >= 4 is 0 Å². The van der Waals surface area contributed by atoms with Gasteiger partial charge in [0.1, 0.15) is 0 Å². The van der Waals surface area contributed by atoms with Crippen LogP contribution in [0.4, 0.5) is 0 Å². The molecule has 106 valence electrons.